The van der Waals surface area contributed by atoms with Gasteiger partial charge in [0.05, 0.1) is 12.6 Å². The summed E-state index contributed by atoms with van der Waals surface area (Å²) in [5, 5.41) is 2.81. The van der Waals surface area contributed by atoms with E-state index in [1.54, 1.807) is 0 Å². The SMILES string of the molecule is O=C(NCC1CCCO1)c1coc(CN(Cc2ccc(F)cc2F)C2CC2)n1. The summed E-state index contributed by atoms with van der Waals surface area (Å²) in [6, 6.07) is 3.92. The van der Waals surface area contributed by atoms with Gasteiger partial charge in [-0.3, -0.25) is 9.69 Å². The summed E-state index contributed by atoms with van der Waals surface area (Å²) in [6.45, 7) is 1.89. The number of hydrogen-bond donors (Lipinski definition) is 1. The van der Waals surface area contributed by atoms with E-state index in [9.17, 15) is 13.6 Å². The summed E-state index contributed by atoms with van der Waals surface area (Å²) in [5.74, 6) is -1.05. The van der Waals surface area contributed by atoms with Gasteiger partial charge in [-0.15, -0.1) is 0 Å². The van der Waals surface area contributed by atoms with Crippen molar-refractivity contribution in [2.75, 3.05) is 13.2 Å². The zero-order valence-electron chi connectivity index (χ0n) is 15.5. The number of nitrogens with one attached hydrogen (secondary N) is 1. The highest BCUT2D eigenvalue weighted by Crippen LogP contribution is 2.30. The van der Waals surface area contributed by atoms with Crippen molar-refractivity contribution in [3.8, 4) is 0 Å². The summed E-state index contributed by atoms with van der Waals surface area (Å²) >= 11 is 0. The smallest absolute Gasteiger partial charge is 0.273 e. The standard InChI is InChI=1S/C20H23F2N3O3/c21-14-4-3-13(17(22)8-14)10-25(15-5-6-15)11-19-24-18(12-28-19)20(26)23-9-16-2-1-7-27-16/h3-4,8,12,15-16H,1-2,5-7,9-11H2,(H,23,26). The summed E-state index contributed by atoms with van der Waals surface area (Å²) in [5.41, 5.74) is 0.645. The number of carbonyl (C=O) groups is 1. The first kappa shape index (κ1) is 19.0. The molecule has 1 saturated heterocycles. The molecule has 6 nitrogen and oxygen atoms in total. The van der Waals surface area contributed by atoms with Crippen LogP contribution in [0.1, 0.15) is 47.6 Å². The Morgan fingerprint density at radius 2 is 2.11 bits per heavy atom. The molecule has 1 aromatic heterocycles. The third-order valence-corrected chi connectivity index (χ3v) is 5.09. The van der Waals surface area contributed by atoms with Gasteiger partial charge in [0.25, 0.3) is 5.91 Å². The van der Waals surface area contributed by atoms with Gasteiger partial charge in [0.1, 0.15) is 17.9 Å². The summed E-state index contributed by atoms with van der Waals surface area (Å²) in [6.07, 6.45) is 5.38. The first-order chi connectivity index (χ1) is 13.6. The molecule has 1 N–H and O–H groups in total. The molecule has 1 amide bonds. The molecule has 2 aromatic rings. The fraction of sp³-hybridized carbons (Fsp3) is 0.500. The second-order valence-electron chi connectivity index (χ2n) is 7.34. The number of aromatic nitrogens is 1. The second kappa shape index (κ2) is 8.36. The van der Waals surface area contributed by atoms with Crippen molar-refractivity contribution in [2.45, 2.75) is 50.9 Å². The number of hydrogen-bond acceptors (Lipinski definition) is 5. The molecule has 8 heteroatoms. The van der Waals surface area contributed by atoms with Crippen molar-refractivity contribution in [2.24, 2.45) is 0 Å². The molecule has 0 radical (unpaired) electrons. The molecule has 1 aliphatic carbocycles. The van der Waals surface area contributed by atoms with E-state index in [1.165, 1.54) is 18.4 Å². The number of benzene rings is 1. The molecule has 2 heterocycles. The molecule has 2 aliphatic rings. The van der Waals surface area contributed by atoms with Crippen LogP contribution in [-0.4, -0.2) is 41.1 Å². The first-order valence-electron chi connectivity index (χ1n) is 9.60. The topological polar surface area (TPSA) is 67.6 Å². The average Bonchev–Trinajstić information content (AvgIpc) is 3.19. The lowest BCUT2D eigenvalue weighted by Crippen LogP contribution is -2.32. The predicted molar refractivity (Wildman–Crippen MR) is 96.4 cm³/mol. The third kappa shape index (κ3) is 4.74. The van der Waals surface area contributed by atoms with Crippen molar-refractivity contribution in [1.82, 2.24) is 15.2 Å². The van der Waals surface area contributed by atoms with E-state index in [2.05, 4.69) is 10.3 Å². The number of amides is 1. The van der Waals surface area contributed by atoms with E-state index in [0.717, 1.165) is 38.4 Å². The van der Waals surface area contributed by atoms with E-state index in [0.29, 0.717) is 37.1 Å². The van der Waals surface area contributed by atoms with Crippen LogP contribution >= 0.6 is 0 Å². The Kier molecular flexibility index (Phi) is 5.68. The maximum absolute atomic E-state index is 14.0. The van der Waals surface area contributed by atoms with Crippen molar-refractivity contribution < 1.29 is 22.7 Å². The van der Waals surface area contributed by atoms with E-state index in [1.807, 2.05) is 4.90 Å². The van der Waals surface area contributed by atoms with Gasteiger partial charge in [0.15, 0.2) is 5.69 Å². The molecule has 150 valence electrons. The van der Waals surface area contributed by atoms with Crippen molar-refractivity contribution in [3.63, 3.8) is 0 Å². The van der Waals surface area contributed by atoms with Gasteiger partial charge in [-0.25, -0.2) is 13.8 Å². The minimum atomic E-state index is -0.592. The normalized spacial score (nSPS) is 19.3. The van der Waals surface area contributed by atoms with Crippen LogP contribution in [0.4, 0.5) is 8.78 Å². The van der Waals surface area contributed by atoms with Crippen LogP contribution in [0, 0.1) is 11.6 Å². The molecule has 0 spiro atoms. The van der Waals surface area contributed by atoms with Gasteiger partial charge >= 0.3 is 0 Å². The number of carbonyl (C=O) groups excluding carboxylic acids is 1. The van der Waals surface area contributed by atoms with Crippen LogP contribution < -0.4 is 5.32 Å². The quantitative estimate of drug-likeness (QED) is 0.749. The fourth-order valence-electron chi connectivity index (χ4n) is 3.39. The van der Waals surface area contributed by atoms with Gasteiger partial charge in [0.2, 0.25) is 5.89 Å². The van der Waals surface area contributed by atoms with E-state index >= 15 is 0 Å². The summed E-state index contributed by atoms with van der Waals surface area (Å²) in [4.78, 5) is 18.5. The van der Waals surface area contributed by atoms with Gasteiger partial charge in [-0.2, -0.15) is 0 Å². The lowest BCUT2D eigenvalue weighted by molar-refractivity contribution is 0.0853. The van der Waals surface area contributed by atoms with Gasteiger partial charge in [-0.05, 0) is 31.7 Å². The van der Waals surface area contributed by atoms with E-state index in [4.69, 9.17) is 9.15 Å². The minimum Gasteiger partial charge on any atom is -0.447 e. The van der Waals surface area contributed by atoms with Gasteiger partial charge in [0, 0.05) is 37.4 Å². The lowest BCUT2D eigenvalue weighted by atomic mass is 10.2. The highest BCUT2D eigenvalue weighted by molar-refractivity contribution is 5.91. The highest BCUT2D eigenvalue weighted by atomic mass is 19.1. The Balaban J connectivity index is 1.36. The Bertz CT molecular complexity index is 832. The Morgan fingerprint density at radius 1 is 1.25 bits per heavy atom. The largest absolute Gasteiger partial charge is 0.447 e. The molecule has 1 atom stereocenters. The van der Waals surface area contributed by atoms with Crippen molar-refractivity contribution in [1.29, 1.82) is 0 Å². The maximum Gasteiger partial charge on any atom is 0.273 e. The van der Waals surface area contributed by atoms with Crippen LogP contribution in [0.3, 0.4) is 0 Å². The molecule has 1 unspecified atom stereocenters. The molecule has 1 aliphatic heterocycles. The van der Waals surface area contributed by atoms with Crippen LogP contribution in [0.25, 0.3) is 0 Å². The number of rotatable bonds is 8. The van der Waals surface area contributed by atoms with E-state index in [-0.39, 0.29) is 17.7 Å². The van der Waals surface area contributed by atoms with Crippen LogP contribution in [0.2, 0.25) is 0 Å². The Labute approximate surface area is 161 Å². The number of nitrogens with zero attached hydrogens (tertiary/aromatic N) is 2. The summed E-state index contributed by atoms with van der Waals surface area (Å²) < 4.78 is 38.0. The molecule has 28 heavy (non-hydrogen) atoms. The maximum atomic E-state index is 14.0. The number of halogens is 2. The zero-order valence-corrected chi connectivity index (χ0v) is 15.5. The Hall–Kier alpha value is -2.32. The van der Waals surface area contributed by atoms with Crippen LogP contribution in [-0.2, 0) is 17.8 Å². The number of oxazole rings is 1. The highest BCUT2D eigenvalue weighted by Gasteiger charge is 2.31. The zero-order chi connectivity index (χ0) is 19.5. The molecular formula is C20H23F2N3O3. The second-order valence-corrected chi connectivity index (χ2v) is 7.34. The molecule has 1 aromatic carbocycles. The molecule has 2 fully saturated rings. The molecule has 4 rings (SSSR count). The fourth-order valence-corrected chi connectivity index (χ4v) is 3.39. The molecule has 1 saturated carbocycles. The minimum absolute atomic E-state index is 0.0614. The van der Waals surface area contributed by atoms with E-state index < -0.39 is 11.6 Å². The van der Waals surface area contributed by atoms with Gasteiger partial charge < -0.3 is 14.5 Å². The predicted octanol–water partition coefficient (Wildman–Crippen LogP) is 3.03. The third-order valence-electron chi connectivity index (χ3n) is 5.09. The summed E-state index contributed by atoms with van der Waals surface area (Å²) in [7, 11) is 0. The molecule has 0 bridgehead atoms. The van der Waals surface area contributed by atoms with Crippen LogP contribution in [0.5, 0.6) is 0 Å². The first-order valence-corrected chi connectivity index (χ1v) is 9.60. The van der Waals surface area contributed by atoms with Crippen molar-refractivity contribution >= 4 is 5.91 Å². The van der Waals surface area contributed by atoms with Gasteiger partial charge in [-0.1, -0.05) is 6.07 Å². The lowest BCUT2D eigenvalue weighted by Gasteiger charge is -2.20. The monoisotopic (exact) mass is 391 g/mol. The van der Waals surface area contributed by atoms with Crippen molar-refractivity contribution in [3.05, 3.63) is 53.2 Å². The Morgan fingerprint density at radius 3 is 2.82 bits per heavy atom. The van der Waals surface area contributed by atoms with Crippen LogP contribution in [0.15, 0.2) is 28.9 Å². The average molecular weight is 391 g/mol. The molecular weight excluding hydrogens is 368 g/mol. The number of ether oxygens (including phenoxy) is 1.